The molecular weight excluding hydrogens is 395 g/mol. The second-order valence-corrected chi connectivity index (χ2v) is 8.22. The molecule has 157 valence electrons. The van der Waals surface area contributed by atoms with E-state index in [2.05, 4.69) is 9.94 Å². The Kier molecular flexibility index (Phi) is 8.22. The van der Waals surface area contributed by atoms with Gasteiger partial charge in [0.2, 0.25) is 5.91 Å². The average molecular weight is 420 g/mol. The van der Waals surface area contributed by atoms with Crippen molar-refractivity contribution in [3.8, 4) is 0 Å². The van der Waals surface area contributed by atoms with Gasteiger partial charge in [0, 0.05) is 24.6 Å². The van der Waals surface area contributed by atoms with Gasteiger partial charge >= 0.3 is 7.94 Å². The van der Waals surface area contributed by atoms with E-state index in [1.807, 2.05) is 0 Å². The Hall–Kier alpha value is -1.24. The Bertz CT molecular complexity index is 634. The highest BCUT2D eigenvalue weighted by atomic mass is 31.2. The molecule has 0 aliphatic carbocycles. The SMILES string of the molecule is CO[C@@H]1O[C@H](CO)[C@H](O)[C@H](O[P+]([O])(Cc2ccc(NC(C)=O)cc2)ON)[C@H]1O. The lowest BCUT2D eigenvalue weighted by molar-refractivity contribution is -0.291. The Balaban J connectivity index is 2.14. The Morgan fingerprint density at radius 2 is 1.93 bits per heavy atom. The van der Waals surface area contributed by atoms with Crippen LogP contribution in [0.25, 0.3) is 0 Å². The molecule has 1 aromatic carbocycles. The van der Waals surface area contributed by atoms with Gasteiger partial charge in [-0.05, 0) is 17.7 Å². The molecule has 1 radical (unpaired) electrons. The second kappa shape index (κ2) is 9.99. The highest BCUT2D eigenvalue weighted by molar-refractivity contribution is 7.59. The molecule has 1 aliphatic rings. The fourth-order valence-electron chi connectivity index (χ4n) is 2.78. The van der Waals surface area contributed by atoms with Crippen LogP contribution in [0.4, 0.5) is 5.69 Å². The summed E-state index contributed by atoms with van der Waals surface area (Å²) in [5, 5.41) is 32.5. The molecule has 2 rings (SSSR count). The smallest absolute Gasteiger partial charge is 0.394 e. The summed E-state index contributed by atoms with van der Waals surface area (Å²) < 4.78 is 20.1. The molecular formula is C16H25N2O9P+. The number of rotatable bonds is 8. The first-order valence-electron chi connectivity index (χ1n) is 8.40. The summed E-state index contributed by atoms with van der Waals surface area (Å²) in [5.74, 6) is 4.94. The van der Waals surface area contributed by atoms with Crippen LogP contribution in [0.3, 0.4) is 0 Å². The third-order valence-electron chi connectivity index (χ3n) is 4.15. The maximum Gasteiger partial charge on any atom is 0.480 e. The number of nitrogens with two attached hydrogens (primary N) is 1. The molecule has 12 heteroatoms. The van der Waals surface area contributed by atoms with Crippen LogP contribution in [0.15, 0.2) is 24.3 Å². The first kappa shape index (κ1) is 23.0. The van der Waals surface area contributed by atoms with Crippen LogP contribution in [0.5, 0.6) is 0 Å². The summed E-state index contributed by atoms with van der Waals surface area (Å²) in [7, 11) is -2.75. The molecule has 0 saturated carbocycles. The average Bonchev–Trinajstić information content (AvgIpc) is 2.66. The summed E-state index contributed by atoms with van der Waals surface area (Å²) >= 11 is 0. The molecule has 11 nitrogen and oxygen atoms in total. The van der Waals surface area contributed by atoms with Gasteiger partial charge in [-0.3, -0.25) is 4.79 Å². The highest BCUT2D eigenvalue weighted by Crippen LogP contribution is 2.61. The summed E-state index contributed by atoms with van der Waals surface area (Å²) in [6.07, 6.45) is -7.05. The van der Waals surface area contributed by atoms with Crippen molar-refractivity contribution in [1.82, 2.24) is 0 Å². The lowest BCUT2D eigenvalue weighted by atomic mass is 9.99. The highest BCUT2D eigenvalue weighted by Gasteiger charge is 2.55. The number of carbonyl (C=O) groups is 1. The number of aliphatic hydroxyl groups is 3. The predicted octanol–water partition coefficient (Wildman–Crippen LogP) is -0.301. The topological polar surface area (TPSA) is 173 Å². The van der Waals surface area contributed by atoms with Crippen molar-refractivity contribution in [2.75, 3.05) is 19.0 Å². The van der Waals surface area contributed by atoms with Gasteiger partial charge in [-0.25, -0.2) is 0 Å². The fraction of sp³-hybridized carbons (Fsp3) is 0.562. The minimum absolute atomic E-state index is 0.235. The van der Waals surface area contributed by atoms with E-state index in [1.54, 1.807) is 24.3 Å². The van der Waals surface area contributed by atoms with E-state index in [0.29, 0.717) is 11.3 Å². The van der Waals surface area contributed by atoms with Crippen LogP contribution in [0.1, 0.15) is 12.5 Å². The number of nitrogens with one attached hydrogen (secondary N) is 1. The van der Waals surface area contributed by atoms with Gasteiger partial charge in [0.1, 0.15) is 18.3 Å². The van der Waals surface area contributed by atoms with Crippen LogP contribution in [-0.2, 0) is 34.5 Å². The first-order valence-corrected chi connectivity index (χ1v) is 10.1. The van der Waals surface area contributed by atoms with Crippen molar-refractivity contribution >= 4 is 19.5 Å². The van der Waals surface area contributed by atoms with Gasteiger partial charge in [0.25, 0.3) is 0 Å². The number of aliphatic hydroxyl groups excluding tert-OH is 3. The minimum atomic E-state index is -4.00. The van der Waals surface area contributed by atoms with Crippen molar-refractivity contribution in [1.29, 1.82) is 0 Å². The molecule has 0 aromatic heterocycles. The van der Waals surface area contributed by atoms with E-state index in [4.69, 9.17) is 19.9 Å². The largest absolute Gasteiger partial charge is 0.480 e. The van der Waals surface area contributed by atoms with Crippen LogP contribution in [0.2, 0.25) is 0 Å². The lowest BCUT2D eigenvalue weighted by Crippen LogP contribution is -2.59. The number of carbonyl (C=O) groups excluding carboxylic acids is 1. The maximum atomic E-state index is 13.0. The number of benzene rings is 1. The van der Waals surface area contributed by atoms with Gasteiger partial charge in [0.05, 0.1) is 6.61 Å². The maximum absolute atomic E-state index is 13.0. The number of methoxy groups -OCH3 is 1. The zero-order chi connectivity index (χ0) is 20.9. The van der Waals surface area contributed by atoms with E-state index in [1.165, 1.54) is 14.0 Å². The molecule has 0 spiro atoms. The third-order valence-corrected chi connectivity index (χ3v) is 5.79. The predicted molar refractivity (Wildman–Crippen MR) is 97.0 cm³/mol. The number of hydrogen-bond donors (Lipinski definition) is 5. The molecule has 0 bridgehead atoms. The molecule has 1 unspecified atom stereocenters. The summed E-state index contributed by atoms with van der Waals surface area (Å²) in [4.78, 5) is 24.0. The van der Waals surface area contributed by atoms with E-state index in [-0.39, 0.29) is 12.1 Å². The first-order chi connectivity index (χ1) is 13.2. The Morgan fingerprint density at radius 3 is 2.43 bits per heavy atom. The molecule has 28 heavy (non-hydrogen) atoms. The molecule has 1 fully saturated rings. The zero-order valence-electron chi connectivity index (χ0n) is 15.4. The standard InChI is InChI=1S/C16H25N2O9P/c1-9(20)18-11-5-3-10(4-6-11)8-28(23,27-17)26-15-13(21)12(7-19)25-16(24-2)14(15)22/h3-6,12-16,19,21-22H,7-8,17H2,1-2H3,(H,18,20)/q+1/t12-,13+,14-,15+,16-,28?/m1/s1. The van der Waals surface area contributed by atoms with Gasteiger partial charge in [-0.1, -0.05) is 16.8 Å². The number of anilines is 1. The van der Waals surface area contributed by atoms with Gasteiger partial charge in [0.15, 0.2) is 18.6 Å². The van der Waals surface area contributed by atoms with Crippen molar-refractivity contribution in [2.45, 2.75) is 43.8 Å². The number of ether oxygens (including phenoxy) is 2. The summed E-state index contributed by atoms with van der Waals surface area (Å²) in [5.41, 5.74) is 1.06. The fourth-order valence-corrected chi connectivity index (χ4v) is 4.25. The molecule has 6 atom stereocenters. The zero-order valence-corrected chi connectivity index (χ0v) is 16.3. The van der Waals surface area contributed by atoms with Crippen LogP contribution >= 0.6 is 7.94 Å². The van der Waals surface area contributed by atoms with Crippen molar-refractivity contribution in [2.24, 2.45) is 5.90 Å². The molecule has 1 amide bonds. The minimum Gasteiger partial charge on any atom is -0.394 e. The van der Waals surface area contributed by atoms with E-state index in [0.717, 1.165) is 0 Å². The Labute approximate surface area is 162 Å². The van der Waals surface area contributed by atoms with Gasteiger partial charge < -0.3 is 30.1 Å². The van der Waals surface area contributed by atoms with Crippen LogP contribution in [0, 0.1) is 0 Å². The van der Waals surface area contributed by atoms with Crippen molar-refractivity contribution < 1.29 is 43.6 Å². The second-order valence-electron chi connectivity index (χ2n) is 6.26. The third kappa shape index (κ3) is 5.65. The van der Waals surface area contributed by atoms with E-state index in [9.17, 15) is 25.0 Å². The lowest BCUT2D eigenvalue weighted by Gasteiger charge is -2.40. The molecule has 6 N–H and O–H groups in total. The van der Waals surface area contributed by atoms with E-state index < -0.39 is 45.3 Å². The summed E-state index contributed by atoms with van der Waals surface area (Å²) in [6.45, 7) is 0.793. The van der Waals surface area contributed by atoms with Crippen LogP contribution < -0.4 is 11.2 Å². The van der Waals surface area contributed by atoms with Crippen molar-refractivity contribution in [3.63, 3.8) is 0 Å². The quantitative estimate of drug-likeness (QED) is 0.279. The monoisotopic (exact) mass is 420 g/mol. The molecule has 1 aliphatic heterocycles. The number of hydrogen-bond acceptors (Lipinski definition) is 9. The molecule has 1 saturated heterocycles. The molecule has 1 aromatic rings. The molecule has 1 heterocycles. The van der Waals surface area contributed by atoms with Crippen molar-refractivity contribution in [3.05, 3.63) is 29.8 Å². The summed E-state index contributed by atoms with van der Waals surface area (Å²) in [6, 6.07) is 6.37. The van der Waals surface area contributed by atoms with E-state index >= 15 is 0 Å². The van der Waals surface area contributed by atoms with Crippen LogP contribution in [-0.4, -0.2) is 65.6 Å². The number of amides is 1. The normalized spacial score (nSPS) is 29.9. The van der Waals surface area contributed by atoms with Gasteiger partial charge in [-0.15, -0.1) is 0 Å². The van der Waals surface area contributed by atoms with Gasteiger partial charge in [-0.2, -0.15) is 10.4 Å². The Morgan fingerprint density at radius 1 is 1.29 bits per heavy atom.